The second kappa shape index (κ2) is 8.54. The zero-order valence-corrected chi connectivity index (χ0v) is 16.8. The van der Waals surface area contributed by atoms with Gasteiger partial charge in [-0.3, -0.25) is 24.7 Å². The van der Waals surface area contributed by atoms with E-state index in [1.807, 2.05) is 0 Å². The van der Waals surface area contributed by atoms with Crippen LogP contribution in [0.1, 0.15) is 16.8 Å². The maximum atomic E-state index is 13.4. The van der Waals surface area contributed by atoms with Gasteiger partial charge in [-0.15, -0.1) is 0 Å². The summed E-state index contributed by atoms with van der Waals surface area (Å²) in [5.41, 5.74) is 3.05. The predicted molar refractivity (Wildman–Crippen MR) is 110 cm³/mol. The Morgan fingerprint density at radius 1 is 1.21 bits per heavy atom. The Balaban J connectivity index is 1.73. The second-order valence-electron chi connectivity index (χ2n) is 6.28. The molecule has 1 heterocycles. The number of amides is 3. The van der Waals surface area contributed by atoms with E-state index >= 15 is 0 Å². The van der Waals surface area contributed by atoms with Gasteiger partial charge in [-0.25, -0.2) is 9.40 Å². The molecule has 3 rings (SSSR count). The number of hydrogen-bond acceptors (Lipinski definition) is 4. The zero-order chi connectivity index (χ0) is 21.1. The van der Waals surface area contributed by atoms with Crippen LogP contribution in [-0.2, 0) is 9.59 Å². The first-order chi connectivity index (χ1) is 13.8. The lowest BCUT2D eigenvalue weighted by Crippen LogP contribution is -2.49. The highest BCUT2D eigenvalue weighted by Gasteiger charge is 2.42. The number of rotatable bonds is 5. The van der Waals surface area contributed by atoms with Crippen molar-refractivity contribution in [1.82, 2.24) is 15.3 Å². The minimum Gasteiger partial charge on any atom is -0.326 e. The van der Waals surface area contributed by atoms with Crippen molar-refractivity contribution in [3.8, 4) is 0 Å². The molecule has 2 aromatic rings. The number of carbonyl (C=O) groups is 3. The summed E-state index contributed by atoms with van der Waals surface area (Å²) in [6.45, 7) is 0. The monoisotopic (exact) mass is 434 g/mol. The molecule has 1 atom stereocenters. The Hall–Kier alpha value is -3.04. The number of thiocarbonyl (C=S) groups is 1. The van der Waals surface area contributed by atoms with E-state index < -0.39 is 29.6 Å². The Morgan fingerprint density at radius 3 is 2.55 bits per heavy atom. The van der Waals surface area contributed by atoms with E-state index in [-0.39, 0.29) is 17.1 Å². The van der Waals surface area contributed by atoms with Crippen molar-refractivity contribution in [2.45, 2.75) is 12.5 Å². The molecule has 1 saturated heterocycles. The van der Waals surface area contributed by atoms with Crippen LogP contribution in [0.4, 0.5) is 10.1 Å². The fourth-order valence-corrected chi connectivity index (χ4v) is 3.14. The fourth-order valence-electron chi connectivity index (χ4n) is 2.75. The molecule has 0 saturated carbocycles. The number of carbonyl (C=O) groups excluding carboxylic acids is 3. The number of nitrogens with zero attached hydrogens (tertiary/aromatic N) is 2. The average Bonchev–Trinajstić information content (AvgIpc) is 2.88. The van der Waals surface area contributed by atoms with Gasteiger partial charge in [0.05, 0.1) is 6.42 Å². The number of nitrogens with one attached hydrogen (secondary N) is 2. The van der Waals surface area contributed by atoms with Gasteiger partial charge in [0.2, 0.25) is 5.91 Å². The highest BCUT2D eigenvalue weighted by atomic mass is 35.5. The van der Waals surface area contributed by atoms with Gasteiger partial charge < -0.3 is 5.32 Å². The van der Waals surface area contributed by atoms with Crippen LogP contribution in [0, 0.1) is 5.82 Å². The fraction of sp³-hybridized carbons (Fsp3) is 0.158. The van der Waals surface area contributed by atoms with Gasteiger partial charge in [0.1, 0.15) is 11.9 Å². The molecule has 1 aliphatic rings. The number of hydrazine groups is 1. The van der Waals surface area contributed by atoms with Gasteiger partial charge in [0.15, 0.2) is 5.11 Å². The lowest BCUT2D eigenvalue weighted by molar-refractivity contribution is -0.130. The summed E-state index contributed by atoms with van der Waals surface area (Å²) in [6, 6.07) is 10.5. The molecule has 2 N–H and O–H groups in total. The standard InChI is InChI=1S/C19H16ClFN4O3S/c1-24-18(28)15(10-16(26)22-14-7-5-12(20)6-8-14)25(19(24)29)23-17(27)11-3-2-4-13(21)9-11/h2-9,15H,10H2,1H3,(H,22,26)(H,23,27). The first-order valence-corrected chi connectivity index (χ1v) is 9.27. The average molecular weight is 435 g/mol. The largest absolute Gasteiger partial charge is 0.326 e. The van der Waals surface area contributed by atoms with E-state index in [4.69, 9.17) is 23.8 Å². The molecule has 0 bridgehead atoms. The Morgan fingerprint density at radius 2 is 1.90 bits per heavy atom. The summed E-state index contributed by atoms with van der Waals surface area (Å²) in [7, 11) is 1.45. The normalized spacial score (nSPS) is 16.2. The van der Waals surface area contributed by atoms with Gasteiger partial charge in [-0.1, -0.05) is 17.7 Å². The first kappa shape index (κ1) is 20.7. The molecule has 10 heteroatoms. The van der Waals surface area contributed by atoms with Crippen LogP contribution in [0.25, 0.3) is 0 Å². The van der Waals surface area contributed by atoms with Crippen LogP contribution in [0.5, 0.6) is 0 Å². The SMILES string of the molecule is CN1C(=O)C(CC(=O)Nc2ccc(Cl)cc2)N(NC(=O)c2cccc(F)c2)C1=S. The summed E-state index contributed by atoms with van der Waals surface area (Å²) in [5.74, 6) is -2.12. The van der Waals surface area contributed by atoms with Gasteiger partial charge in [-0.2, -0.15) is 0 Å². The van der Waals surface area contributed by atoms with E-state index in [2.05, 4.69) is 10.7 Å². The van der Waals surface area contributed by atoms with Crippen molar-refractivity contribution < 1.29 is 18.8 Å². The highest BCUT2D eigenvalue weighted by molar-refractivity contribution is 7.80. The summed E-state index contributed by atoms with van der Waals surface area (Å²) in [4.78, 5) is 38.5. The maximum Gasteiger partial charge on any atom is 0.269 e. The molecule has 2 aromatic carbocycles. The topological polar surface area (TPSA) is 81.8 Å². The third kappa shape index (κ3) is 4.69. The third-order valence-corrected chi connectivity index (χ3v) is 4.96. The van der Waals surface area contributed by atoms with Crippen molar-refractivity contribution in [3.05, 3.63) is 64.9 Å². The van der Waals surface area contributed by atoms with E-state index in [0.717, 1.165) is 11.1 Å². The maximum absolute atomic E-state index is 13.4. The van der Waals surface area contributed by atoms with Crippen molar-refractivity contribution in [1.29, 1.82) is 0 Å². The summed E-state index contributed by atoms with van der Waals surface area (Å²) in [6.07, 6.45) is -0.255. The Labute approximate surface area is 176 Å². The van der Waals surface area contributed by atoms with E-state index in [1.54, 1.807) is 24.3 Å². The van der Waals surface area contributed by atoms with Gasteiger partial charge in [-0.05, 0) is 54.7 Å². The minimum absolute atomic E-state index is 0.0315. The number of halogens is 2. The molecule has 0 aromatic heterocycles. The van der Waals surface area contributed by atoms with Gasteiger partial charge in [0, 0.05) is 23.3 Å². The van der Waals surface area contributed by atoms with Crippen LogP contribution >= 0.6 is 23.8 Å². The molecule has 0 aliphatic carbocycles. The molecular formula is C19H16ClFN4O3S. The molecule has 29 heavy (non-hydrogen) atoms. The first-order valence-electron chi connectivity index (χ1n) is 8.49. The molecule has 1 unspecified atom stereocenters. The number of benzene rings is 2. The molecule has 150 valence electrons. The van der Waals surface area contributed by atoms with E-state index in [0.29, 0.717) is 10.7 Å². The highest BCUT2D eigenvalue weighted by Crippen LogP contribution is 2.19. The van der Waals surface area contributed by atoms with Crippen molar-refractivity contribution in [2.24, 2.45) is 0 Å². The molecule has 0 spiro atoms. The van der Waals surface area contributed by atoms with Crippen molar-refractivity contribution >= 4 is 52.3 Å². The Bertz CT molecular complexity index is 986. The zero-order valence-electron chi connectivity index (χ0n) is 15.2. The summed E-state index contributed by atoms with van der Waals surface area (Å²) in [5, 5.41) is 4.36. The van der Waals surface area contributed by atoms with Crippen molar-refractivity contribution in [2.75, 3.05) is 12.4 Å². The number of hydrogen-bond donors (Lipinski definition) is 2. The van der Waals surface area contributed by atoms with Crippen molar-refractivity contribution in [3.63, 3.8) is 0 Å². The lowest BCUT2D eigenvalue weighted by Gasteiger charge is -2.24. The van der Waals surface area contributed by atoms with Gasteiger partial charge >= 0.3 is 0 Å². The second-order valence-corrected chi connectivity index (χ2v) is 7.08. The van der Waals surface area contributed by atoms with E-state index in [1.165, 1.54) is 30.1 Å². The summed E-state index contributed by atoms with van der Waals surface area (Å²) >= 11 is 11.0. The molecular weight excluding hydrogens is 419 g/mol. The predicted octanol–water partition coefficient (Wildman–Crippen LogP) is 2.58. The van der Waals surface area contributed by atoms with Crippen LogP contribution in [0.2, 0.25) is 5.02 Å². The van der Waals surface area contributed by atoms with Crippen LogP contribution in [0.3, 0.4) is 0 Å². The molecule has 0 radical (unpaired) electrons. The van der Waals surface area contributed by atoms with Crippen LogP contribution < -0.4 is 10.7 Å². The Kier molecular flexibility index (Phi) is 6.09. The molecule has 3 amide bonds. The van der Waals surface area contributed by atoms with Crippen LogP contribution in [0.15, 0.2) is 48.5 Å². The smallest absolute Gasteiger partial charge is 0.269 e. The molecule has 7 nitrogen and oxygen atoms in total. The minimum atomic E-state index is -1.03. The lowest BCUT2D eigenvalue weighted by atomic mass is 10.2. The van der Waals surface area contributed by atoms with E-state index in [9.17, 15) is 18.8 Å². The number of likely N-dealkylation sites (N-methyl/N-ethyl adjacent to an activating group) is 1. The number of anilines is 1. The van der Waals surface area contributed by atoms with Gasteiger partial charge in [0.25, 0.3) is 11.8 Å². The molecule has 1 fully saturated rings. The third-order valence-electron chi connectivity index (χ3n) is 4.24. The quantitative estimate of drug-likeness (QED) is 0.707. The summed E-state index contributed by atoms with van der Waals surface area (Å²) < 4.78 is 13.4. The molecule has 1 aliphatic heterocycles. The van der Waals surface area contributed by atoms with Crippen LogP contribution in [-0.4, -0.2) is 45.8 Å².